The second-order valence-corrected chi connectivity index (χ2v) is 3.51. The number of rotatable bonds is 4. The van der Waals surface area contributed by atoms with E-state index < -0.39 is 23.8 Å². The average Bonchev–Trinajstić information content (AvgIpc) is 2.28. The molecule has 0 aromatic heterocycles. The molecule has 1 aromatic carbocycles. The first-order chi connectivity index (χ1) is 7.57. The van der Waals surface area contributed by atoms with Crippen LogP contribution < -0.4 is 0 Å². The Balaban J connectivity index is 2.82. The van der Waals surface area contributed by atoms with Gasteiger partial charge in [0.05, 0.1) is 6.61 Å². The van der Waals surface area contributed by atoms with Crippen LogP contribution in [0.4, 0.5) is 4.39 Å². The molecule has 0 aliphatic heterocycles. The summed E-state index contributed by atoms with van der Waals surface area (Å²) in [4.78, 5) is 11.3. The smallest absolute Gasteiger partial charge is 0.335 e. The fraction of sp³-hybridized carbons (Fsp3) is 0.417. The summed E-state index contributed by atoms with van der Waals surface area (Å²) < 4.78 is 18.1. The molecule has 1 rings (SSSR count). The van der Waals surface area contributed by atoms with Crippen molar-refractivity contribution in [2.75, 3.05) is 6.61 Å². The highest BCUT2D eigenvalue weighted by Crippen LogP contribution is 2.22. The van der Waals surface area contributed by atoms with Gasteiger partial charge in [0.15, 0.2) is 6.10 Å². The van der Waals surface area contributed by atoms with Gasteiger partial charge in [0.25, 0.3) is 0 Å². The molecule has 1 aromatic rings. The second-order valence-electron chi connectivity index (χ2n) is 3.51. The lowest BCUT2D eigenvalue weighted by Crippen LogP contribution is -2.28. The van der Waals surface area contributed by atoms with Crippen LogP contribution in [0, 0.1) is 5.82 Å². The summed E-state index contributed by atoms with van der Waals surface area (Å²) in [5.41, 5.74) is 0.308. The van der Waals surface area contributed by atoms with Crippen molar-refractivity contribution in [2.45, 2.75) is 25.9 Å². The molecule has 0 fully saturated rings. The zero-order chi connectivity index (χ0) is 12.1. The molecular formula is C12H15FO3. The third-order valence-corrected chi connectivity index (χ3v) is 2.40. The summed E-state index contributed by atoms with van der Waals surface area (Å²) in [7, 11) is 0. The predicted octanol–water partition coefficient (Wildman–Crippen LogP) is 1.85. The maximum absolute atomic E-state index is 13.4. The largest absolute Gasteiger partial charge is 0.464 e. The Bertz CT molecular complexity index is 365. The third kappa shape index (κ3) is 2.79. The molecule has 4 heteroatoms. The van der Waals surface area contributed by atoms with E-state index in [9.17, 15) is 14.3 Å². The molecule has 0 saturated heterocycles. The normalized spacial score (nSPS) is 14.2. The van der Waals surface area contributed by atoms with E-state index >= 15 is 0 Å². The molecule has 0 heterocycles. The molecule has 3 nitrogen and oxygen atoms in total. The molecule has 0 radical (unpaired) electrons. The Hall–Kier alpha value is -1.42. The molecule has 0 amide bonds. The molecule has 0 aliphatic carbocycles. The van der Waals surface area contributed by atoms with Gasteiger partial charge in [-0.3, -0.25) is 0 Å². The highest BCUT2D eigenvalue weighted by atomic mass is 19.1. The fourth-order valence-electron chi connectivity index (χ4n) is 1.45. The summed E-state index contributed by atoms with van der Waals surface area (Å²) in [5.74, 6) is -1.78. The van der Waals surface area contributed by atoms with Crippen molar-refractivity contribution in [1.82, 2.24) is 0 Å². The zero-order valence-corrected chi connectivity index (χ0v) is 9.31. The van der Waals surface area contributed by atoms with E-state index in [0.717, 1.165) is 0 Å². The lowest BCUT2D eigenvalue weighted by molar-refractivity contribution is -0.154. The topological polar surface area (TPSA) is 46.5 Å². The number of carbonyl (C=O) groups is 1. The van der Waals surface area contributed by atoms with Crippen LogP contribution in [0.3, 0.4) is 0 Å². The summed E-state index contributed by atoms with van der Waals surface area (Å²) >= 11 is 0. The van der Waals surface area contributed by atoms with Crippen LogP contribution >= 0.6 is 0 Å². The summed E-state index contributed by atoms with van der Waals surface area (Å²) in [6, 6.07) is 6.06. The fourth-order valence-corrected chi connectivity index (χ4v) is 1.45. The van der Waals surface area contributed by atoms with Gasteiger partial charge in [-0.1, -0.05) is 25.1 Å². The summed E-state index contributed by atoms with van der Waals surface area (Å²) in [6.45, 7) is 3.43. The maximum atomic E-state index is 13.4. The SMILES string of the molecule is CCOC(=O)C(O)C(C)c1ccccc1F. The van der Waals surface area contributed by atoms with Gasteiger partial charge in [0.2, 0.25) is 0 Å². The van der Waals surface area contributed by atoms with Crippen molar-refractivity contribution in [1.29, 1.82) is 0 Å². The minimum Gasteiger partial charge on any atom is -0.464 e. The lowest BCUT2D eigenvalue weighted by Gasteiger charge is -2.18. The van der Waals surface area contributed by atoms with Crippen molar-refractivity contribution in [3.8, 4) is 0 Å². The van der Waals surface area contributed by atoms with E-state index in [2.05, 4.69) is 4.74 Å². The minimum atomic E-state index is -1.34. The molecule has 88 valence electrons. The first-order valence-corrected chi connectivity index (χ1v) is 5.17. The van der Waals surface area contributed by atoms with Crippen molar-refractivity contribution < 1.29 is 19.0 Å². The van der Waals surface area contributed by atoms with Gasteiger partial charge >= 0.3 is 5.97 Å². The van der Waals surface area contributed by atoms with Crippen LogP contribution in [0.5, 0.6) is 0 Å². The minimum absolute atomic E-state index is 0.194. The van der Waals surface area contributed by atoms with E-state index in [0.29, 0.717) is 5.56 Å². The van der Waals surface area contributed by atoms with Crippen molar-refractivity contribution in [2.24, 2.45) is 0 Å². The van der Waals surface area contributed by atoms with E-state index in [4.69, 9.17) is 0 Å². The van der Waals surface area contributed by atoms with Gasteiger partial charge in [-0.05, 0) is 18.6 Å². The van der Waals surface area contributed by atoms with Crippen molar-refractivity contribution >= 4 is 5.97 Å². The molecular weight excluding hydrogens is 211 g/mol. The first-order valence-electron chi connectivity index (χ1n) is 5.17. The molecule has 0 spiro atoms. The van der Waals surface area contributed by atoms with Crippen LogP contribution in [0.2, 0.25) is 0 Å². The number of esters is 1. The van der Waals surface area contributed by atoms with Crippen LogP contribution in [0.1, 0.15) is 25.3 Å². The number of carbonyl (C=O) groups excluding carboxylic acids is 1. The van der Waals surface area contributed by atoms with Crippen LogP contribution in [0.15, 0.2) is 24.3 Å². The molecule has 16 heavy (non-hydrogen) atoms. The number of halogens is 1. The quantitative estimate of drug-likeness (QED) is 0.797. The molecule has 2 atom stereocenters. The van der Waals surface area contributed by atoms with Gasteiger partial charge in [0.1, 0.15) is 5.82 Å². The van der Waals surface area contributed by atoms with E-state index in [1.807, 2.05) is 0 Å². The highest BCUT2D eigenvalue weighted by molar-refractivity contribution is 5.75. The standard InChI is InChI=1S/C12H15FO3/c1-3-16-12(15)11(14)8(2)9-6-4-5-7-10(9)13/h4-8,11,14H,3H2,1-2H3. The number of hydrogen-bond donors (Lipinski definition) is 1. The predicted molar refractivity (Wildman–Crippen MR) is 57.5 cm³/mol. The molecule has 0 saturated carbocycles. The Morgan fingerprint density at radius 2 is 2.12 bits per heavy atom. The molecule has 0 bridgehead atoms. The highest BCUT2D eigenvalue weighted by Gasteiger charge is 2.26. The second kappa shape index (κ2) is 5.61. The van der Waals surface area contributed by atoms with Crippen molar-refractivity contribution in [3.05, 3.63) is 35.6 Å². The van der Waals surface area contributed by atoms with E-state index in [-0.39, 0.29) is 6.61 Å². The van der Waals surface area contributed by atoms with Gasteiger partial charge in [-0.25, -0.2) is 9.18 Å². The number of benzene rings is 1. The molecule has 2 unspecified atom stereocenters. The van der Waals surface area contributed by atoms with Crippen molar-refractivity contribution in [3.63, 3.8) is 0 Å². The van der Waals surface area contributed by atoms with Crippen LogP contribution in [-0.4, -0.2) is 23.8 Å². The number of hydrogen-bond acceptors (Lipinski definition) is 3. The van der Waals surface area contributed by atoms with Gasteiger partial charge in [-0.15, -0.1) is 0 Å². The summed E-state index contributed by atoms with van der Waals surface area (Å²) in [6.07, 6.45) is -1.34. The number of aliphatic hydroxyl groups excluding tert-OH is 1. The number of aliphatic hydroxyl groups is 1. The average molecular weight is 226 g/mol. The van der Waals surface area contributed by atoms with Gasteiger partial charge in [0, 0.05) is 5.92 Å². The Labute approximate surface area is 93.9 Å². The Morgan fingerprint density at radius 1 is 1.50 bits per heavy atom. The van der Waals surface area contributed by atoms with Crippen LogP contribution in [0.25, 0.3) is 0 Å². The molecule has 0 aliphatic rings. The first kappa shape index (κ1) is 12.6. The van der Waals surface area contributed by atoms with E-state index in [1.165, 1.54) is 6.07 Å². The zero-order valence-electron chi connectivity index (χ0n) is 9.31. The Kier molecular flexibility index (Phi) is 4.43. The van der Waals surface area contributed by atoms with Crippen LogP contribution in [-0.2, 0) is 9.53 Å². The van der Waals surface area contributed by atoms with Gasteiger partial charge < -0.3 is 9.84 Å². The van der Waals surface area contributed by atoms with Gasteiger partial charge in [-0.2, -0.15) is 0 Å². The molecule has 1 N–H and O–H groups in total. The Morgan fingerprint density at radius 3 is 2.69 bits per heavy atom. The monoisotopic (exact) mass is 226 g/mol. The maximum Gasteiger partial charge on any atom is 0.335 e. The summed E-state index contributed by atoms with van der Waals surface area (Å²) in [5, 5.41) is 9.65. The third-order valence-electron chi connectivity index (χ3n) is 2.40. The van der Waals surface area contributed by atoms with E-state index in [1.54, 1.807) is 32.0 Å². The lowest BCUT2D eigenvalue weighted by atomic mass is 9.95. The number of ether oxygens (including phenoxy) is 1.